The number of thioether (sulfide) groups is 1. The van der Waals surface area contributed by atoms with Crippen molar-refractivity contribution in [3.63, 3.8) is 0 Å². The van der Waals surface area contributed by atoms with Gasteiger partial charge in [0.2, 0.25) is 0 Å². The minimum absolute atomic E-state index is 0.299. The molecule has 0 saturated heterocycles. The molecule has 0 aliphatic heterocycles. The Kier molecular flexibility index (Phi) is 5.35. The Morgan fingerprint density at radius 3 is 2.65 bits per heavy atom. The quantitative estimate of drug-likeness (QED) is 0.278. The third-order valence-corrected chi connectivity index (χ3v) is 4.16. The van der Waals surface area contributed by atoms with Crippen molar-refractivity contribution in [3.8, 4) is 0 Å². The Bertz CT molecular complexity index is 404. The SMILES string of the molecule is CCC(C/C(N)=N/O)Sc1ccc(C)c(C)c1. The smallest absolute Gasteiger partial charge is 0.140 e. The molecule has 0 fully saturated rings. The third-order valence-electron chi connectivity index (χ3n) is 2.80. The molecule has 1 unspecified atom stereocenters. The molecule has 0 saturated carbocycles. The topological polar surface area (TPSA) is 58.6 Å². The monoisotopic (exact) mass is 252 g/mol. The van der Waals surface area contributed by atoms with Crippen LogP contribution < -0.4 is 5.73 Å². The van der Waals surface area contributed by atoms with Gasteiger partial charge >= 0.3 is 0 Å². The van der Waals surface area contributed by atoms with E-state index in [1.165, 1.54) is 16.0 Å². The highest BCUT2D eigenvalue weighted by Gasteiger charge is 2.11. The van der Waals surface area contributed by atoms with Gasteiger partial charge in [0.15, 0.2) is 0 Å². The zero-order valence-electron chi connectivity index (χ0n) is 10.6. The van der Waals surface area contributed by atoms with Gasteiger partial charge in [-0.2, -0.15) is 0 Å². The van der Waals surface area contributed by atoms with Crippen LogP contribution in [0.25, 0.3) is 0 Å². The lowest BCUT2D eigenvalue weighted by molar-refractivity contribution is 0.316. The molecule has 0 spiro atoms. The largest absolute Gasteiger partial charge is 0.409 e. The lowest BCUT2D eigenvalue weighted by Gasteiger charge is -2.14. The zero-order chi connectivity index (χ0) is 12.8. The number of rotatable bonds is 5. The minimum Gasteiger partial charge on any atom is -0.409 e. The molecule has 0 amide bonds. The summed E-state index contributed by atoms with van der Waals surface area (Å²) in [7, 11) is 0. The molecule has 1 atom stereocenters. The van der Waals surface area contributed by atoms with Gasteiger partial charge < -0.3 is 10.9 Å². The van der Waals surface area contributed by atoms with Crippen molar-refractivity contribution in [3.05, 3.63) is 29.3 Å². The second-order valence-corrected chi connectivity index (χ2v) is 5.56. The number of nitrogens with zero attached hydrogens (tertiary/aromatic N) is 1. The number of aryl methyl sites for hydroxylation is 2. The van der Waals surface area contributed by atoms with Gasteiger partial charge in [0.05, 0.1) is 0 Å². The molecule has 1 aromatic carbocycles. The summed E-state index contributed by atoms with van der Waals surface area (Å²) >= 11 is 1.78. The van der Waals surface area contributed by atoms with Crippen LogP contribution in [0.3, 0.4) is 0 Å². The second-order valence-electron chi connectivity index (χ2n) is 4.19. The highest BCUT2D eigenvalue weighted by molar-refractivity contribution is 8.00. The first-order chi connectivity index (χ1) is 8.06. The predicted molar refractivity (Wildman–Crippen MR) is 73.9 cm³/mol. The van der Waals surface area contributed by atoms with Gasteiger partial charge in [0.1, 0.15) is 5.84 Å². The van der Waals surface area contributed by atoms with Crippen LogP contribution in [0.1, 0.15) is 30.9 Å². The molecule has 3 N–H and O–H groups in total. The summed E-state index contributed by atoms with van der Waals surface area (Å²) in [4.78, 5) is 1.24. The number of nitrogens with two attached hydrogens (primary N) is 1. The van der Waals surface area contributed by atoms with E-state index in [4.69, 9.17) is 10.9 Å². The van der Waals surface area contributed by atoms with E-state index in [1.807, 2.05) is 0 Å². The summed E-state index contributed by atoms with van der Waals surface area (Å²) < 4.78 is 0. The summed E-state index contributed by atoms with van der Waals surface area (Å²) in [6.07, 6.45) is 1.61. The number of oxime groups is 1. The maximum atomic E-state index is 8.58. The number of hydrogen-bond donors (Lipinski definition) is 2. The first-order valence-electron chi connectivity index (χ1n) is 5.77. The Labute approximate surface area is 107 Å². The van der Waals surface area contributed by atoms with Crippen LogP contribution in [0.5, 0.6) is 0 Å². The van der Waals surface area contributed by atoms with E-state index in [-0.39, 0.29) is 0 Å². The van der Waals surface area contributed by atoms with E-state index < -0.39 is 0 Å². The van der Waals surface area contributed by atoms with Gasteiger partial charge in [0.25, 0.3) is 0 Å². The molecule has 0 heterocycles. The van der Waals surface area contributed by atoms with E-state index in [2.05, 4.69) is 44.1 Å². The van der Waals surface area contributed by atoms with E-state index in [1.54, 1.807) is 11.8 Å². The molecule has 1 aromatic rings. The van der Waals surface area contributed by atoms with Crippen molar-refractivity contribution in [1.82, 2.24) is 0 Å². The molecule has 0 aliphatic rings. The molecule has 0 radical (unpaired) electrons. The molecule has 94 valence electrons. The summed E-state index contributed by atoms with van der Waals surface area (Å²) in [6.45, 7) is 6.34. The van der Waals surface area contributed by atoms with E-state index in [9.17, 15) is 0 Å². The van der Waals surface area contributed by atoms with Crippen LogP contribution >= 0.6 is 11.8 Å². The average Bonchev–Trinajstić information content (AvgIpc) is 2.32. The van der Waals surface area contributed by atoms with E-state index in [0.717, 1.165) is 6.42 Å². The summed E-state index contributed by atoms with van der Waals surface area (Å²) in [6, 6.07) is 6.45. The fraction of sp³-hybridized carbons (Fsp3) is 0.462. The molecule has 4 heteroatoms. The molecule has 0 bridgehead atoms. The Morgan fingerprint density at radius 1 is 1.41 bits per heavy atom. The normalized spacial score (nSPS) is 13.7. The van der Waals surface area contributed by atoms with Crippen molar-refractivity contribution < 1.29 is 5.21 Å². The fourth-order valence-electron chi connectivity index (χ4n) is 1.52. The number of benzene rings is 1. The summed E-state index contributed by atoms with van der Waals surface area (Å²) in [5.41, 5.74) is 8.15. The van der Waals surface area contributed by atoms with Crippen LogP contribution in [-0.2, 0) is 0 Å². The maximum Gasteiger partial charge on any atom is 0.140 e. The van der Waals surface area contributed by atoms with Crippen LogP contribution in [0, 0.1) is 13.8 Å². The van der Waals surface area contributed by atoms with E-state index >= 15 is 0 Å². The number of hydrogen-bond acceptors (Lipinski definition) is 3. The van der Waals surface area contributed by atoms with Crippen LogP contribution in [0.4, 0.5) is 0 Å². The number of amidine groups is 1. The maximum absolute atomic E-state index is 8.58. The van der Waals surface area contributed by atoms with Crippen LogP contribution in [-0.4, -0.2) is 16.3 Å². The Hall–Kier alpha value is -1.16. The zero-order valence-corrected chi connectivity index (χ0v) is 11.4. The van der Waals surface area contributed by atoms with Crippen molar-refractivity contribution in [2.75, 3.05) is 0 Å². The molecule has 3 nitrogen and oxygen atoms in total. The van der Waals surface area contributed by atoms with Gasteiger partial charge in [-0.05, 0) is 43.5 Å². The first-order valence-corrected chi connectivity index (χ1v) is 6.65. The molecular formula is C13H20N2OS. The molecule has 0 aromatic heterocycles. The van der Waals surface area contributed by atoms with Crippen LogP contribution in [0.2, 0.25) is 0 Å². The van der Waals surface area contributed by atoms with Crippen LogP contribution in [0.15, 0.2) is 28.3 Å². The highest BCUT2D eigenvalue weighted by atomic mass is 32.2. The lowest BCUT2D eigenvalue weighted by atomic mass is 10.1. The van der Waals surface area contributed by atoms with Crippen molar-refractivity contribution in [1.29, 1.82) is 0 Å². The average molecular weight is 252 g/mol. The third kappa shape index (κ3) is 4.30. The molecule has 0 aliphatic carbocycles. The van der Waals surface area contributed by atoms with E-state index in [0.29, 0.717) is 17.5 Å². The van der Waals surface area contributed by atoms with Gasteiger partial charge in [-0.15, -0.1) is 11.8 Å². The standard InChI is InChI=1S/C13H20N2OS/c1-4-11(8-13(14)15-16)17-12-6-5-9(2)10(3)7-12/h5-7,11,16H,4,8H2,1-3H3,(H2,14,15). The summed E-state index contributed by atoms with van der Waals surface area (Å²) in [5, 5.41) is 12.0. The molecule has 17 heavy (non-hydrogen) atoms. The molecular weight excluding hydrogens is 232 g/mol. The van der Waals surface area contributed by atoms with Crippen molar-refractivity contribution in [2.45, 2.75) is 43.8 Å². The summed E-state index contributed by atoms with van der Waals surface area (Å²) in [5.74, 6) is 0.299. The highest BCUT2D eigenvalue weighted by Crippen LogP contribution is 2.28. The van der Waals surface area contributed by atoms with Crippen molar-refractivity contribution >= 4 is 17.6 Å². The second kappa shape index (κ2) is 6.55. The van der Waals surface area contributed by atoms with Gasteiger partial charge in [0, 0.05) is 16.6 Å². The van der Waals surface area contributed by atoms with Gasteiger partial charge in [-0.25, -0.2) is 0 Å². The van der Waals surface area contributed by atoms with Crippen molar-refractivity contribution in [2.24, 2.45) is 10.9 Å². The lowest BCUT2D eigenvalue weighted by Crippen LogP contribution is -2.18. The Morgan fingerprint density at radius 2 is 2.12 bits per heavy atom. The predicted octanol–water partition coefficient (Wildman–Crippen LogP) is 3.31. The molecule has 1 rings (SSSR count). The fourth-order valence-corrected chi connectivity index (χ4v) is 2.72. The van der Waals surface area contributed by atoms with Gasteiger partial charge in [-0.1, -0.05) is 18.1 Å². The first kappa shape index (κ1) is 13.9. The Balaban J connectivity index is 2.70. The minimum atomic E-state index is 0.299. The van der Waals surface area contributed by atoms with Gasteiger partial charge in [-0.3, -0.25) is 0 Å².